The second kappa shape index (κ2) is 6.57. The summed E-state index contributed by atoms with van der Waals surface area (Å²) in [5, 5.41) is 8.68. The molecule has 2 heterocycles. The number of aromatic nitrogens is 1. The highest BCUT2D eigenvalue weighted by Gasteiger charge is 2.30. The highest BCUT2D eigenvalue weighted by Crippen LogP contribution is 2.21. The van der Waals surface area contributed by atoms with Crippen molar-refractivity contribution in [1.29, 1.82) is 0 Å². The molecule has 1 aliphatic rings. The number of hydrogen-bond donors (Lipinski definition) is 1. The number of halogens is 1. The van der Waals surface area contributed by atoms with Crippen molar-refractivity contribution in [3.63, 3.8) is 0 Å². The highest BCUT2D eigenvalue weighted by molar-refractivity contribution is 7.89. The number of ether oxygens (including phenoxy) is 1. The molecule has 1 saturated heterocycles. The van der Waals surface area contributed by atoms with E-state index in [1.54, 1.807) is 0 Å². The fourth-order valence-corrected chi connectivity index (χ4v) is 3.59. The largest absolute Gasteiger partial charge is 0.394 e. The van der Waals surface area contributed by atoms with Crippen LogP contribution >= 0.6 is 0 Å². The summed E-state index contributed by atoms with van der Waals surface area (Å²) in [6.07, 6.45) is 3.18. The molecule has 2 rings (SSSR count). The summed E-state index contributed by atoms with van der Waals surface area (Å²) < 4.78 is 44.4. The molecule has 0 aromatic carbocycles. The molecule has 0 aliphatic carbocycles. The minimum atomic E-state index is -3.70. The van der Waals surface area contributed by atoms with Crippen LogP contribution in [-0.2, 0) is 14.8 Å². The summed E-state index contributed by atoms with van der Waals surface area (Å²) in [4.78, 5) is 3.44. The predicted octanol–water partition coefficient (Wildman–Crippen LogP) is 0.383. The van der Waals surface area contributed by atoms with E-state index >= 15 is 0 Å². The first-order valence-corrected chi connectivity index (χ1v) is 7.81. The molecule has 0 atom stereocenters. The lowest BCUT2D eigenvalue weighted by molar-refractivity contribution is 0.00318. The average molecular weight is 304 g/mol. The Hall–Kier alpha value is -1.09. The van der Waals surface area contributed by atoms with Crippen molar-refractivity contribution in [1.82, 2.24) is 9.29 Å². The quantitative estimate of drug-likeness (QED) is 0.851. The average Bonchev–Trinajstić information content (AvgIpc) is 2.45. The maximum absolute atomic E-state index is 13.1. The zero-order chi connectivity index (χ0) is 14.6. The van der Waals surface area contributed by atoms with Crippen LogP contribution in [0, 0.1) is 5.82 Å². The molecule has 1 aliphatic heterocycles. The van der Waals surface area contributed by atoms with Crippen LogP contribution in [-0.4, -0.2) is 55.2 Å². The third kappa shape index (κ3) is 3.51. The van der Waals surface area contributed by atoms with Gasteiger partial charge in [0.1, 0.15) is 10.7 Å². The lowest BCUT2D eigenvalue weighted by atomic mass is 10.1. The zero-order valence-electron chi connectivity index (χ0n) is 10.9. The van der Waals surface area contributed by atoms with Crippen LogP contribution in [0.4, 0.5) is 4.39 Å². The van der Waals surface area contributed by atoms with Crippen LogP contribution in [0.1, 0.15) is 12.8 Å². The van der Waals surface area contributed by atoms with E-state index < -0.39 is 15.8 Å². The molecule has 20 heavy (non-hydrogen) atoms. The molecule has 0 unspecified atom stereocenters. The molecule has 0 amide bonds. The Bertz CT molecular complexity index is 544. The summed E-state index contributed by atoms with van der Waals surface area (Å²) in [7, 11) is -3.70. The van der Waals surface area contributed by atoms with Crippen molar-refractivity contribution in [2.75, 3.05) is 26.3 Å². The van der Waals surface area contributed by atoms with Gasteiger partial charge in [-0.25, -0.2) is 12.8 Å². The van der Waals surface area contributed by atoms with Crippen molar-refractivity contribution in [3.8, 4) is 0 Å². The Kier molecular flexibility index (Phi) is 5.03. The van der Waals surface area contributed by atoms with E-state index in [9.17, 15) is 12.8 Å². The second-order valence-corrected chi connectivity index (χ2v) is 6.47. The molecular formula is C12H17FN2O4S. The molecule has 8 heteroatoms. The maximum atomic E-state index is 13.1. The molecule has 1 N–H and O–H groups in total. The Morgan fingerprint density at radius 3 is 2.70 bits per heavy atom. The van der Waals surface area contributed by atoms with Gasteiger partial charge in [-0.1, -0.05) is 0 Å². The second-order valence-electron chi connectivity index (χ2n) is 4.54. The summed E-state index contributed by atoms with van der Waals surface area (Å²) >= 11 is 0. The minimum absolute atomic E-state index is 0.0424. The first-order chi connectivity index (χ1) is 9.54. The number of piperidine rings is 1. The number of nitrogens with zero attached hydrogens (tertiary/aromatic N) is 2. The van der Waals surface area contributed by atoms with Gasteiger partial charge in [0.2, 0.25) is 10.0 Å². The van der Waals surface area contributed by atoms with Crippen LogP contribution in [0.2, 0.25) is 0 Å². The molecule has 1 fully saturated rings. The summed E-state index contributed by atoms with van der Waals surface area (Å²) in [6, 6.07) is 0.969. The van der Waals surface area contributed by atoms with Gasteiger partial charge in [-0.2, -0.15) is 4.31 Å². The van der Waals surface area contributed by atoms with E-state index in [-0.39, 0.29) is 24.2 Å². The first kappa shape index (κ1) is 15.3. The summed E-state index contributed by atoms with van der Waals surface area (Å²) in [6.45, 7) is 0.836. The Morgan fingerprint density at radius 2 is 2.10 bits per heavy atom. The third-order valence-corrected chi connectivity index (χ3v) is 5.03. The van der Waals surface area contributed by atoms with Crippen LogP contribution in [0.15, 0.2) is 23.4 Å². The zero-order valence-corrected chi connectivity index (χ0v) is 11.7. The van der Waals surface area contributed by atoms with Gasteiger partial charge >= 0.3 is 0 Å². The molecule has 6 nitrogen and oxygen atoms in total. The minimum Gasteiger partial charge on any atom is -0.394 e. The topological polar surface area (TPSA) is 79.7 Å². The SMILES string of the molecule is O=S(=O)(c1cncc(F)c1)N1CCC(OCCO)CC1. The van der Waals surface area contributed by atoms with Gasteiger partial charge in [-0.3, -0.25) is 4.98 Å². The van der Waals surface area contributed by atoms with Crippen molar-refractivity contribution < 1.29 is 22.7 Å². The van der Waals surface area contributed by atoms with Gasteiger partial charge in [-0.05, 0) is 18.9 Å². The highest BCUT2D eigenvalue weighted by atomic mass is 32.2. The normalized spacial score (nSPS) is 18.3. The van der Waals surface area contributed by atoms with E-state index in [2.05, 4.69) is 4.98 Å². The van der Waals surface area contributed by atoms with Gasteiger partial charge in [-0.15, -0.1) is 0 Å². The first-order valence-electron chi connectivity index (χ1n) is 6.37. The Balaban J connectivity index is 2.02. The molecule has 1 aromatic rings. The lowest BCUT2D eigenvalue weighted by Gasteiger charge is -2.30. The van der Waals surface area contributed by atoms with E-state index in [0.29, 0.717) is 25.9 Å². The van der Waals surface area contributed by atoms with E-state index in [1.807, 2.05) is 0 Å². The van der Waals surface area contributed by atoms with Crippen molar-refractivity contribution >= 4 is 10.0 Å². The Morgan fingerprint density at radius 1 is 1.40 bits per heavy atom. The predicted molar refractivity (Wildman–Crippen MR) is 69.0 cm³/mol. The van der Waals surface area contributed by atoms with Crippen LogP contribution in [0.5, 0.6) is 0 Å². The molecular weight excluding hydrogens is 287 g/mol. The molecule has 1 aromatic heterocycles. The fraction of sp³-hybridized carbons (Fsp3) is 0.583. The lowest BCUT2D eigenvalue weighted by Crippen LogP contribution is -2.41. The van der Waals surface area contributed by atoms with Gasteiger partial charge in [0.25, 0.3) is 0 Å². The van der Waals surface area contributed by atoms with Gasteiger partial charge in [0.15, 0.2) is 0 Å². The van der Waals surface area contributed by atoms with Crippen molar-refractivity contribution in [3.05, 3.63) is 24.3 Å². The standard InChI is InChI=1S/C12H17FN2O4S/c13-10-7-12(9-14-8-10)20(17,18)15-3-1-11(2-4-15)19-6-5-16/h7-9,11,16H,1-6H2. The number of aliphatic hydroxyl groups is 1. The number of pyridine rings is 1. The van der Waals surface area contributed by atoms with E-state index in [1.165, 1.54) is 4.31 Å². The Labute approximate surface area is 117 Å². The van der Waals surface area contributed by atoms with Crippen molar-refractivity contribution in [2.24, 2.45) is 0 Å². The monoisotopic (exact) mass is 304 g/mol. The van der Waals surface area contributed by atoms with Crippen LogP contribution in [0.3, 0.4) is 0 Å². The van der Waals surface area contributed by atoms with Crippen molar-refractivity contribution in [2.45, 2.75) is 23.8 Å². The van der Waals surface area contributed by atoms with Gasteiger partial charge in [0, 0.05) is 19.3 Å². The van der Waals surface area contributed by atoms with Crippen LogP contribution < -0.4 is 0 Å². The number of aliphatic hydroxyl groups excluding tert-OH is 1. The molecule has 112 valence electrons. The van der Waals surface area contributed by atoms with E-state index in [4.69, 9.17) is 9.84 Å². The maximum Gasteiger partial charge on any atom is 0.244 e. The number of hydrogen-bond acceptors (Lipinski definition) is 5. The van der Waals surface area contributed by atoms with Gasteiger partial charge < -0.3 is 9.84 Å². The summed E-state index contributed by atoms with van der Waals surface area (Å²) in [5.41, 5.74) is 0. The van der Waals surface area contributed by atoms with Crippen LogP contribution in [0.25, 0.3) is 0 Å². The number of sulfonamides is 1. The molecule has 0 spiro atoms. The van der Waals surface area contributed by atoms with E-state index in [0.717, 1.165) is 18.5 Å². The number of rotatable bonds is 5. The smallest absolute Gasteiger partial charge is 0.244 e. The molecule has 0 bridgehead atoms. The van der Waals surface area contributed by atoms with Gasteiger partial charge in [0.05, 0.1) is 25.5 Å². The third-order valence-electron chi connectivity index (χ3n) is 3.16. The molecule has 0 radical (unpaired) electrons. The fourth-order valence-electron chi connectivity index (χ4n) is 2.14. The molecule has 0 saturated carbocycles. The summed E-state index contributed by atoms with van der Waals surface area (Å²) in [5.74, 6) is -0.674.